The second-order valence-electron chi connectivity index (χ2n) is 6.52. The third-order valence-corrected chi connectivity index (χ3v) is 4.23. The van der Waals surface area contributed by atoms with Crippen molar-refractivity contribution in [2.45, 2.75) is 40.0 Å². The van der Waals surface area contributed by atoms with E-state index < -0.39 is 0 Å². The van der Waals surface area contributed by atoms with Gasteiger partial charge in [0.15, 0.2) is 0 Å². The molecule has 2 aromatic rings. The summed E-state index contributed by atoms with van der Waals surface area (Å²) in [6.07, 6.45) is 0.425. The lowest BCUT2D eigenvalue weighted by Crippen LogP contribution is -2.23. The number of benzene rings is 2. The van der Waals surface area contributed by atoms with Crippen LogP contribution in [0.2, 0.25) is 0 Å². The van der Waals surface area contributed by atoms with Crippen molar-refractivity contribution in [1.82, 2.24) is 0 Å². The third-order valence-electron chi connectivity index (χ3n) is 4.23. The lowest BCUT2D eigenvalue weighted by Gasteiger charge is -2.16. The summed E-state index contributed by atoms with van der Waals surface area (Å²) < 4.78 is 0. The molecule has 0 radical (unpaired) electrons. The van der Waals surface area contributed by atoms with Gasteiger partial charge in [-0.3, -0.25) is 9.59 Å². The molecule has 0 saturated carbocycles. The van der Waals surface area contributed by atoms with Crippen LogP contribution in [0.3, 0.4) is 0 Å². The van der Waals surface area contributed by atoms with Crippen molar-refractivity contribution in [2.75, 3.05) is 22.5 Å². The van der Waals surface area contributed by atoms with Gasteiger partial charge >= 0.3 is 0 Å². The molecule has 0 aliphatic heterocycles. The zero-order chi connectivity index (χ0) is 19.1. The molecule has 2 rings (SSSR count). The molecule has 26 heavy (non-hydrogen) atoms. The van der Waals surface area contributed by atoms with Crippen LogP contribution in [-0.4, -0.2) is 18.4 Å². The first kappa shape index (κ1) is 19.5. The molecular formula is C21H27N3O2. The van der Waals surface area contributed by atoms with Crippen molar-refractivity contribution in [1.29, 1.82) is 0 Å². The molecule has 0 spiro atoms. The molecule has 0 bridgehead atoms. The highest BCUT2D eigenvalue weighted by molar-refractivity contribution is 5.95. The normalized spacial score (nSPS) is 10.5. The van der Waals surface area contributed by atoms with Gasteiger partial charge in [0, 0.05) is 23.5 Å². The summed E-state index contributed by atoms with van der Waals surface area (Å²) in [5, 5.41) is 8.98. The van der Waals surface area contributed by atoms with Crippen molar-refractivity contribution in [3.63, 3.8) is 0 Å². The van der Waals surface area contributed by atoms with Gasteiger partial charge in [-0.15, -0.1) is 0 Å². The first-order chi connectivity index (χ1) is 12.4. The Hall–Kier alpha value is -2.82. The molecule has 0 aliphatic carbocycles. The Morgan fingerprint density at radius 2 is 1.50 bits per heavy atom. The van der Waals surface area contributed by atoms with E-state index >= 15 is 0 Å². The third kappa shape index (κ3) is 5.09. The molecule has 0 unspecified atom stereocenters. The molecule has 5 nitrogen and oxygen atoms in total. The van der Waals surface area contributed by atoms with E-state index in [1.54, 1.807) is 0 Å². The van der Waals surface area contributed by atoms with Crippen LogP contribution in [0, 0.1) is 6.92 Å². The van der Waals surface area contributed by atoms with Crippen LogP contribution in [0.1, 0.15) is 44.2 Å². The number of anilines is 3. The Morgan fingerprint density at radius 3 is 2.19 bits per heavy atom. The summed E-state index contributed by atoms with van der Waals surface area (Å²) in [5.74, 6) is 0.189. The van der Waals surface area contributed by atoms with Crippen LogP contribution in [-0.2, 0) is 9.59 Å². The number of hydrogen-bond donors (Lipinski definition) is 3. The maximum atomic E-state index is 12.3. The Bertz CT molecular complexity index is 785. The Labute approximate surface area is 155 Å². The first-order valence-electron chi connectivity index (χ1n) is 8.94. The molecule has 0 saturated heterocycles. The van der Waals surface area contributed by atoms with Gasteiger partial charge in [-0.1, -0.05) is 45.0 Å². The van der Waals surface area contributed by atoms with Crippen molar-refractivity contribution in [3.05, 3.63) is 53.6 Å². The smallest absolute Gasteiger partial charge is 0.243 e. The number of nitrogens with one attached hydrogen (secondary N) is 3. The monoisotopic (exact) mass is 353 g/mol. The van der Waals surface area contributed by atoms with Gasteiger partial charge < -0.3 is 16.0 Å². The van der Waals surface area contributed by atoms with Gasteiger partial charge in [-0.25, -0.2) is 0 Å². The van der Waals surface area contributed by atoms with Crippen LogP contribution in [0.5, 0.6) is 0 Å². The van der Waals surface area contributed by atoms with E-state index in [-0.39, 0.29) is 18.4 Å². The van der Waals surface area contributed by atoms with E-state index in [0.717, 1.165) is 28.2 Å². The molecular weight excluding hydrogens is 326 g/mol. The SMILES string of the molecule is CCC(=O)Nc1cccc(NCC(=O)Nc2ccccc2C(C)C)c1C. The van der Waals surface area contributed by atoms with Gasteiger partial charge in [0.2, 0.25) is 11.8 Å². The lowest BCUT2D eigenvalue weighted by atomic mass is 10.0. The van der Waals surface area contributed by atoms with Crippen molar-refractivity contribution < 1.29 is 9.59 Å². The highest BCUT2D eigenvalue weighted by Gasteiger charge is 2.11. The minimum absolute atomic E-state index is 0.0340. The second kappa shape index (κ2) is 9.04. The molecule has 0 fully saturated rings. The van der Waals surface area contributed by atoms with Gasteiger partial charge in [0.05, 0.1) is 6.54 Å². The van der Waals surface area contributed by atoms with Gasteiger partial charge in [-0.05, 0) is 42.2 Å². The van der Waals surface area contributed by atoms with E-state index in [4.69, 9.17) is 0 Å². The zero-order valence-electron chi connectivity index (χ0n) is 15.8. The minimum atomic E-state index is -0.111. The summed E-state index contributed by atoms with van der Waals surface area (Å²) in [4.78, 5) is 23.9. The van der Waals surface area contributed by atoms with Crippen LogP contribution < -0.4 is 16.0 Å². The lowest BCUT2D eigenvalue weighted by molar-refractivity contribution is -0.116. The standard InChI is InChI=1S/C21H27N3O2/c1-5-20(25)23-18-12-8-11-17(15(18)4)22-13-21(26)24-19-10-7-6-9-16(19)14(2)3/h6-12,14,22H,5,13H2,1-4H3,(H,23,25)(H,24,26). The fourth-order valence-electron chi connectivity index (χ4n) is 2.69. The summed E-state index contributed by atoms with van der Waals surface area (Å²) in [5.41, 5.74) is 4.44. The van der Waals surface area contributed by atoms with Crippen molar-refractivity contribution in [2.24, 2.45) is 0 Å². The summed E-state index contributed by atoms with van der Waals surface area (Å²) >= 11 is 0. The van der Waals surface area contributed by atoms with Crippen molar-refractivity contribution >= 4 is 28.9 Å². The van der Waals surface area contributed by atoms with E-state index in [0.29, 0.717) is 12.3 Å². The fourth-order valence-corrected chi connectivity index (χ4v) is 2.69. The van der Waals surface area contributed by atoms with Crippen LogP contribution in [0.15, 0.2) is 42.5 Å². The topological polar surface area (TPSA) is 70.2 Å². The van der Waals surface area contributed by atoms with Crippen molar-refractivity contribution in [3.8, 4) is 0 Å². The van der Waals surface area contributed by atoms with Crippen LogP contribution in [0.25, 0.3) is 0 Å². The summed E-state index contributed by atoms with van der Waals surface area (Å²) in [6.45, 7) is 8.08. The predicted octanol–water partition coefficient (Wildman–Crippen LogP) is 4.52. The average Bonchev–Trinajstić information content (AvgIpc) is 2.62. The van der Waals surface area contributed by atoms with Crippen LogP contribution in [0.4, 0.5) is 17.1 Å². The first-order valence-corrected chi connectivity index (χ1v) is 8.94. The molecule has 5 heteroatoms. The number of amides is 2. The highest BCUT2D eigenvalue weighted by Crippen LogP contribution is 2.25. The molecule has 2 amide bonds. The molecule has 3 N–H and O–H groups in total. The number of carbonyl (C=O) groups excluding carboxylic acids is 2. The molecule has 138 valence electrons. The Kier molecular flexibility index (Phi) is 6.78. The maximum Gasteiger partial charge on any atom is 0.243 e. The number of rotatable bonds is 7. The van der Waals surface area contributed by atoms with E-state index in [1.807, 2.05) is 56.3 Å². The average molecular weight is 353 g/mol. The molecule has 0 atom stereocenters. The van der Waals surface area contributed by atoms with Gasteiger partial charge in [0.1, 0.15) is 0 Å². The maximum absolute atomic E-state index is 12.3. The molecule has 0 heterocycles. The predicted molar refractivity (Wildman–Crippen MR) is 108 cm³/mol. The molecule has 0 aromatic heterocycles. The second-order valence-corrected chi connectivity index (χ2v) is 6.52. The number of para-hydroxylation sites is 1. The quantitative estimate of drug-likeness (QED) is 0.685. The Balaban J connectivity index is 2.02. The summed E-state index contributed by atoms with van der Waals surface area (Å²) in [7, 11) is 0. The Morgan fingerprint density at radius 1 is 0.885 bits per heavy atom. The van der Waals surface area contributed by atoms with Gasteiger partial charge in [0.25, 0.3) is 0 Å². The molecule has 0 aliphatic rings. The van der Waals surface area contributed by atoms with E-state index in [1.165, 1.54) is 0 Å². The van der Waals surface area contributed by atoms with E-state index in [9.17, 15) is 9.59 Å². The minimum Gasteiger partial charge on any atom is -0.376 e. The highest BCUT2D eigenvalue weighted by atomic mass is 16.2. The summed E-state index contributed by atoms with van der Waals surface area (Å²) in [6, 6.07) is 13.4. The van der Waals surface area contributed by atoms with Gasteiger partial charge in [-0.2, -0.15) is 0 Å². The number of carbonyl (C=O) groups is 2. The largest absolute Gasteiger partial charge is 0.376 e. The number of hydrogen-bond acceptors (Lipinski definition) is 3. The van der Waals surface area contributed by atoms with E-state index in [2.05, 4.69) is 29.8 Å². The fraction of sp³-hybridized carbons (Fsp3) is 0.333. The zero-order valence-corrected chi connectivity index (χ0v) is 15.8. The molecule has 2 aromatic carbocycles. The van der Waals surface area contributed by atoms with Crippen LogP contribution >= 0.6 is 0 Å².